The van der Waals surface area contributed by atoms with Crippen LogP contribution in [0.25, 0.3) is 10.9 Å². The molecule has 0 aliphatic carbocycles. The Morgan fingerprint density at radius 1 is 1.20 bits per heavy atom. The molecule has 0 unspecified atom stereocenters. The van der Waals surface area contributed by atoms with Crippen LogP contribution in [0.1, 0.15) is 18.4 Å². The average Bonchev–Trinajstić information content (AvgIpc) is 2.62. The minimum atomic E-state index is 1.10. The topological polar surface area (TPSA) is 15.8 Å². The standard InChI is InChI=1S/C12H13Br2N/c13-6-2-1-3-9-8-15-12-5-4-10(14)7-11(9)12/h4-5,7-8,15H,1-3,6H2. The summed E-state index contributed by atoms with van der Waals surface area (Å²) in [6.07, 6.45) is 5.76. The van der Waals surface area contributed by atoms with Gasteiger partial charge in [0.1, 0.15) is 0 Å². The highest BCUT2D eigenvalue weighted by molar-refractivity contribution is 9.10. The second kappa shape index (κ2) is 5.17. The highest BCUT2D eigenvalue weighted by Crippen LogP contribution is 2.23. The van der Waals surface area contributed by atoms with Crippen LogP contribution in [0, 0.1) is 0 Å². The summed E-state index contributed by atoms with van der Waals surface area (Å²) in [6, 6.07) is 6.38. The third-order valence-corrected chi connectivity index (χ3v) is 3.61. The van der Waals surface area contributed by atoms with Gasteiger partial charge in [-0.2, -0.15) is 0 Å². The second-order valence-electron chi connectivity index (χ2n) is 3.65. The Bertz CT molecular complexity index is 448. The summed E-state index contributed by atoms with van der Waals surface area (Å²) >= 11 is 6.97. The predicted molar refractivity (Wildman–Crippen MR) is 72.7 cm³/mol. The summed E-state index contributed by atoms with van der Waals surface area (Å²) in [7, 11) is 0. The zero-order chi connectivity index (χ0) is 10.7. The van der Waals surface area contributed by atoms with Gasteiger partial charge in [-0.25, -0.2) is 0 Å². The van der Waals surface area contributed by atoms with Crippen LogP contribution in [-0.2, 0) is 6.42 Å². The first-order chi connectivity index (χ1) is 7.31. The maximum absolute atomic E-state index is 3.51. The molecule has 0 aliphatic heterocycles. The summed E-state index contributed by atoms with van der Waals surface area (Å²) in [5.41, 5.74) is 2.65. The van der Waals surface area contributed by atoms with Crippen LogP contribution < -0.4 is 0 Å². The molecule has 0 amide bonds. The van der Waals surface area contributed by atoms with Crippen molar-refractivity contribution in [3.8, 4) is 0 Å². The number of rotatable bonds is 4. The lowest BCUT2D eigenvalue weighted by Gasteiger charge is -1.98. The number of aromatic amines is 1. The summed E-state index contributed by atoms with van der Waals surface area (Å²) in [4.78, 5) is 3.31. The van der Waals surface area contributed by atoms with Crippen molar-refractivity contribution < 1.29 is 0 Å². The van der Waals surface area contributed by atoms with E-state index >= 15 is 0 Å². The molecule has 3 heteroatoms. The lowest BCUT2D eigenvalue weighted by atomic mass is 10.1. The molecule has 2 aromatic rings. The van der Waals surface area contributed by atoms with E-state index in [9.17, 15) is 0 Å². The van der Waals surface area contributed by atoms with Gasteiger partial charge in [0.2, 0.25) is 0 Å². The van der Waals surface area contributed by atoms with Gasteiger partial charge in [-0.15, -0.1) is 0 Å². The number of hydrogen-bond acceptors (Lipinski definition) is 0. The second-order valence-corrected chi connectivity index (χ2v) is 5.36. The molecule has 0 saturated carbocycles. The monoisotopic (exact) mass is 329 g/mol. The Hall–Kier alpha value is -0.280. The van der Waals surface area contributed by atoms with Gasteiger partial charge in [0, 0.05) is 26.9 Å². The Balaban J connectivity index is 2.23. The van der Waals surface area contributed by atoms with Crippen molar-refractivity contribution in [3.63, 3.8) is 0 Å². The summed E-state index contributed by atoms with van der Waals surface area (Å²) in [5.74, 6) is 0. The molecule has 1 aromatic heterocycles. The largest absolute Gasteiger partial charge is 0.361 e. The van der Waals surface area contributed by atoms with Gasteiger partial charge in [0.05, 0.1) is 0 Å². The molecule has 0 bridgehead atoms. The molecule has 0 aliphatic rings. The molecule has 0 radical (unpaired) electrons. The van der Waals surface area contributed by atoms with Crippen molar-refractivity contribution in [2.75, 3.05) is 5.33 Å². The van der Waals surface area contributed by atoms with Crippen LogP contribution in [0.2, 0.25) is 0 Å². The molecule has 80 valence electrons. The van der Waals surface area contributed by atoms with E-state index in [0.717, 1.165) is 16.2 Å². The number of aromatic nitrogens is 1. The van der Waals surface area contributed by atoms with E-state index in [2.05, 4.69) is 61.2 Å². The van der Waals surface area contributed by atoms with Crippen LogP contribution in [-0.4, -0.2) is 10.3 Å². The molecule has 15 heavy (non-hydrogen) atoms. The van der Waals surface area contributed by atoms with Crippen molar-refractivity contribution in [1.29, 1.82) is 0 Å². The summed E-state index contributed by atoms with van der Waals surface area (Å²) in [5, 5.41) is 2.44. The highest BCUT2D eigenvalue weighted by atomic mass is 79.9. The molecule has 1 aromatic carbocycles. The van der Waals surface area contributed by atoms with Gasteiger partial charge in [0.25, 0.3) is 0 Å². The maximum atomic E-state index is 3.51. The van der Waals surface area contributed by atoms with E-state index in [0.29, 0.717) is 0 Å². The van der Waals surface area contributed by atoms with Gasteiger partial charge < -0.3 is 4.98 Å². The fraction of sp³-hybridized carbons (Fsp3) is 0.333. The third-order valence-electron chi connectivity index (χ3n) is 2.56. The number of unbranched alkanes of at least 4 members (excludes halogenated alkanes) is 1. The Morgan fingerprint density at radius 3 is 2.87 bits per heavy atom. The lowest BCUT2D eigenvalue weighted by Crippen LogP contribution is -1.84. The van der Waals surface area contributed by atoms with Crippen molar-refractivity contribution in [3.05, 3.63) is 34.4 Å². The van der Waals surface area contributed by atoms with Crippen molar-refractivity contribution in [2.45, 2.75) is 19.3 Å². The normalized spacial score (nSPS) is 11.1. The number of fused-ring (bicyclic) bond motifs is 1. The third kappa shape index (κ3) is 2.64. The zero-order valence-corrected chi connectivity index (χ0v) is 11.6. The molecular formula is C12H13Br2N. The van der Waals surface area contributed by atoms with Gasteiger partial charge in [-0.3, -0.25) is 0 Å². The van der Waals surface area contributed by atoms with E-state index in [1.165, 1.54) is 29.3 Å². The number of alkyl halides is 1. The fourth-order valence-corrected chi connectivity index (χ4v) is 2.52. The minimum absolute atomic E-state index is 1.10. The van der Waals surface area contributed by atoms with Gasteiger partial charge >= 0.3 is 0 Å². The first-order valence-corrected chi connectivity index (χ1v) is 7.04. The molecule has 2 rings (SSSR count). The van der Waals surface area contributed by atoms with Gasteiger partial charge in [0.15, 0.2) is 0 Å². The Labute approximate surface area is 107 Å². The van der Waals surface area contributed by atoms with Gasteiger partial charge in [-0.1, -0.05) is 31.9 Å². The molecule has 0 spiro atoms. The van der Waals surface area contributed by atoms with E-state index in [1.54, 1.807) is 0 Å². The van der Waals surface area contributed by atoms with Crippen molar-refractivity contribution in [2.24, 2.45) is 0 Å². The zero-order valence-electron chi connectivity index (χ0n) is 8.39. The van der Waals surface area contributed by atoms with E-state index < -0.39 is 0 Å². The molecule has 0 saturated heterocycles. The average molecular weight is 331 g/mol. The maximum Gasteiger partial charge on any atom is 0.0457 e. The molecule has 1 nitrogen and oxygen atoms in total. The molecule has 0 atom stereocenters. The Morgan fingerprint density at radius 2 is 2.07 bits per heavy atom. The van der Waals surface area contributed by atoms with Crippen LogP contribution in [0.4, 0.5) is 0 Å². The number of halogens is 2. The van der Waals surface area contributed by atoms with Crippen LogP contribution in [0.3, 0.4) is 0 Å². The number of H-pyrrole nitrogens is 1. The first-order valence-electron chi connectivity index (χ1n) is 5.13. The molecule has 1 N–H and O–H groups in total. The Kier molecular flexibility index (Phi) is 3.87. The van der Waals surface area contributed by atoms with Crippen LogP contribution in [0.15, 0.2) is 28.9 Å². The summed E-state index contributed by atoms with van der Waals surface area (Å²) in [6.45, 7) is 0. The molecule has 0 fully saturated rings. The summed E-state index contributed by atoms with van der Waals surface area (Å²) < 4.78 is 1.15. The quantitative estimate of drug-likeness (QED) is 0.620. The van der Waals surface area contributed by atoms with Gasteiger partial charge in [-0.05, 0) is 43.0 Å². The van der Waals surface area contributed by atoms with E-state index in [4.69, 9.17) is 0 Å². The fourth-order valence-electron chi connectivity index (χ4n) is 1.77. The smallest absolute Gasteiger partial charge is 0.0457 e. The number of benzene rings is 1. The number of aryl methyl sites for hydroxylation is 1. The lowest BCUT2D eigenvalue weighted by molar-refractivity contribution is 0.810. The minimum Gasteiger partial charge on any atom is -0.361 e. The van der Waals surface area contributed by atoms with E-state index in [1.807, 2.05) is 0 Å². The predicted octanol–water partition coefficient (Wildman–Crippen LogP) is 4.65. The SMILES string of the molecule is BrCCCCc1c[nH]c2ccc(Br)cc12. The molecule has 1 heterocycles. The van der Waals surface area contributed by atoms with Crippen LogP contribution in [0.5, 0.6) is 0 Å². The van der Waals surface area contributed by atoms with Crippen molar-refractivity contribution in [1.82, 2.24) is 4.98 Å². The van der Waals surface area contributed by atoms with Crippen molar-refractivity contribution >= 4 is 42.8 Å². The number of hydrogen-bond donors (Lipinski definition) is 1. The van der Waals surface area contributed by atoms with E-state index in [-0.39, 0.29) is 0 Å². The first kappa shape index (κ1) is 11.2. The molecular weight excluding hydrogens is 318 g/mol. The van der Waals surface area contributed by atoms with Crippen LogP contribution >= 0.6 is 31.9 Å². The number of nitrogens with one attached hydrogen (secondary N) is 1. The highest BCUT2D eigenvalue weighted by Gasteiger charge is 2.03.